The Morgan fingerprint density at radius 2 is 1.50 bits per heavy atom. The van der Waals surface area contributed by atoms with Gasteiger partial charge in [0.15, 0.2) is 0 Å². The molecule has 0 bridgehead atoms. The summed E-state index contributed by atoms with van der Waals surface area (Å²) >= 11 is 0. The highest BCUT2D eigenvalue weighted by Gasteiger charge is 2.15. The van der Waals surface area contributed by atoms with Crippen molar-refractivity contribution in [3.05, 3.63) is 12.2 Å². The number of esters is 2. The lowest BCUT2D eigenvalue weighted by Gasteiger charge is -2.09. The van der Waals surface area contributed by atoms with Gasteiger partial charge in [0.2, 0.25) is 0 Å². The first-order valence-corrected chi connectivity index (χ1v) is 8.51. The van der Waals surface area contributed by atoms with Gasteiger partial charge in [-0.3, -0.25) is 4.79 Å². The molecule has 0 amide bonds. The fourth-order valence-corrected chi connectivity index (χ4v) is 2.02. The molecule has 4 nitrogen and oxygen atoms in total. The molecule has 0 aromatic rings. The van der Waals surface area contributed by atoms with E-state index in [9.17, 15) is 9.59 Å². The van der Waals surface area contributed by atoms with Gasteiger partial charge in [-0.05, 0) is 20.3 Å². The van der Waals surface area contributed by atoms with Crippen molar-refractivity contribution < 1.29 is 19.1 Å². The molecule has 0 heterocycles. The molecule has 0 saturated heterocycles. The van der Waals surface area contributed by atoms with E-state index >= 15 is 0 Å². The minimum atomic E-state index is -0.529. The van der Waals surface area contributed by atoms with Crippen molar-refractivity contribution in [1.82, 2.24) is 0 Å². The normalized spacial score (nSPS) is 10.5. The Balaban J connectivity index is 3.53. The van der Waals surface area contributed by atoms with E-state index in [0.29, 0.717) is 6.61 Å². The highest BCUT2D eigenvalue weighted by Crippen LogP contribution is 2.09. The summed E-state index contributed by atoms with van der Waals surface area (Å²) in [6.45, 7) is 9.71. The van der Waals surface area contributed by atoms with E-state index in [-0.39, 0.29) is 18.1 Å². The summed E-state index contributed by atoms with van der Waals surface area (Å²) in [6.07, 6.45) is 9.30. The molecule has 4 heteroatoms. The third kappa shape index (κ3) is 12.4. The second-order valence-electron chi connectivity index (χ2n) is 5.93. The summed E-state index contributed by atoms with van der Waals surface area (Å²) in [5, 5.41) is 0. The molecule has 0 aromatic carbocycles. The lowest BCUT2D eigenvalue weighted by molar-refractivity contribution is -0.148. The molecule has 22 heavy (non-hydrogen) atoms. The topological polar surface area (TPSA) is 52.6 Å². The van der Waals surface area contributed by atoms with Gasteiger partial charge in [0.25, 0.3) is 0 Å². The minimum Gasteiger partial charge on any atom is -0.465 e. The average Bonchev–Trinajstić information content (AvgIpc) is 2.44. The third-order valence-electron chi connectivity index (χ3n) is 3.25. The van der Waals surface area contributed by atoms with Gasteiger partial charge in [-0.25, -0.2) is 4.79 Å². The van der Waals surface area contributed by atoms with Gasteiger partial charge >= 0.3 is 11.9 Å². The van der Waals surface area contributed by atoms with E-state index in [2.05, 4.69) is 13.5 Å². The van der Waals surface area contributed by atoms with Crippen molar-refractivity contribution in [1.29, 1.82) is 0 Å². The SMILES string of the molecule is C=C(CC(=O)OCCCCCCCCCC)C(=O)OC(C)C. The predicted molar refractivity (Wildman–Crippen MR) is 88.6 cm³/mol. The van der Waals surface area contributed by atoms with Gasteiger partial charge in [-0.15, -0.1) is 0 Å². The lowest BCUT2D eigenvalue weighted by Crippen LogP contribution is -2.16. The van der Waals surface area contributed by atoms with Gasteiger partial charge in [0.1, 0.15) is 0 Å². The van der Waals surface area contributed by atoms with E-state index in [0.717, 1.165) is 12.8 Å². The maximum Gasteiger partial charge on any atom is 0.334 e. The summed E-state index contributed by atoms with van der Waals surface area (Å²) < 4.78 is 10.1. The van der Waals surface area contributed by atoms with Crippen molar-refractivity contribution >= 4 is 11.9 Å². The first kappa shape index (κ1) is 20.7. The van der Waals surface area contributed by atoms with Gasteiger partial charge < -0.3 is 9.47 Å². The maximum absolute atomic E-state index is 11.6. The van der Waals surface area contributed by atoms with Crippen LogP contribution in [0.25, 0.3) is 0 Å². The van der Waals surface area contributed by atoms with Crippen LogP contribution in [-0.4, -0.2) is 24.6 Å². The van der Waals surface area contributed by atoms with Crippen LogP contribution in [0.5, 0.6) is 0 Å². The molecule has 0 rings (SSSR count). The molecule has 0 unspecified atom stereocenters. The van der Waals surface area contributed by atoms with E-state index < -0.39 is 11.9 Å². The molecule has 0 N–H and O–H groups in total. The first-order valence-electron chi connectivity index (χ1n) is 8.51. The smallest absolute Gasteiger partial charge is 0.334 e. The van der Waals surface area contributed by atoms with Crippen LogP contribution in [0.3, 0.4) is 0 Å². The number of ether oxygens (including phenoxy) is 2. The fourth-order valence-electron chi connectivity index (χ4n) is 2.02. The maximum atomic E-state index is 11.6. The second kappa shape index (κ2) is 13.4. The van der Waals surface area contributed by atoms with Gasteiger partial charge in [-0.1, -0.05) is 58.4 Å². The summed E-state index contributed by atoms with van der Waals surface area (Å²) in [5.74, 6) is -0.937. The predicted octanol–water partition coefficient (Wildman–Crippen LogP) is 4.57. The molecule has 0 aliphatic carbocycles. The number of rotatable bonds is 13. The molecular weight excluding hydrogens is 280 g/mol. The summed E-state index contributed by atoms with van der Waals surface area (Å²) in [5.41, 5.74) is 0.148. The summed E-state index contributed by atoms with van der Waals surface area (Å²) in [6, 6.07) is 0. The van der Waals surface area contributed by atoms with Gasteiger partial charge in [-0.2, -0.15) is 0 Å². The number of carbonyl (C=O) groups is 2. The number of hydrogen-bond donors (Lipinski definition) is 0. The van der Waals surface area contributed by atoms with Crippen LogP contribution in [0.4, 0.5) is 0 Å². The molecule has 128 valence electrons. The van der Waals surface area contributed by atoms with Crippen molar-refractivity contribution in [3.8, 4) is 0 Å². The largest absolute Gasteiger partial charge is 0.465 e. The molecular formula is C18H32O4. The van der Waals surface area contributed by atoms with Crippen LogP contribution in [0, 0.1) is 0 Å². The number of unbranched alkanes of at least 4 members (excludes halogenated alkanes) is 7. The zero-order valence-corrected chi connectivity index (χ0v) is 14.5. The Bertz CT molecular complexity index is 334. The van der Waals surface area contributed by atoms with Crippen molar-refractivity contribution in [3.63, 3.8) is 0 Å². The van der Waals surface area contributed by atoms with Crippen molar-refractivity contribution in [2.45, 2.75) is 84.7 Å². The minimum absolute atomic E-state index is 0.0947. The van der Waals surface area contributed by atoms with Crippen LogP contribution < -0.4 is 0 Å². The Labute approximate surface area is 135 Å². The zero-order valence-electron chi connectivity index (χ0n) is 14.5. The highest BCUT2D eigenvalue weighted by molar-refractivity contribution is 5.93. The Hall–Kier alpha value is -1.32. The quantitative estimate of drug-likeness (QED) is 0.284. The molecule has 0 aromatic heterocycles. The third-order valence-corrected chi connectivity index (χ3v) is 3.25. The van der Waals surface area contributed by atoms with Crippen LogP contribution in [0.1, 0.15) is 78.6 Å². The van der Waals surface area contributed by atoms with Crippen LogP contribution in [0.2, 0.25) is 0 Å². The molecule has 0 saturated carbocycles. The first-order chi connectivity index (χ1) is 10.5. The van der Waals surface area contributed by atoms with Crippen molar-refractivity contribution in [2.75, 3.05) is 6.61 Å². The monoisotopic (exact) mass is 312 g/mol. The van der Waals surface area contributed by atoms with E-state index in [4.69, 9.17) is 9.47 Å². The van der Waals surface area contributed by atoms with E-state index in [1.165, 1.54) is 38.5 Å². The molecule has 0 spiro atoms. The molecule has 0 fully saturated rings. The lowest BCUT2D eigenvalue weighted by atomic mass is 10.1. The molecule has 0 aliphatic rings. The molecule has 0 radical (unpaired) electrons. The second-order valence-corrected chi connectivity index (χ2v) is 5.93. The van der Waals surface area contributed by atoms with Crippen LogP contribution in [-0.2, 0) is 19.1 Å². The summed E-state index contributed by atoms with van der Waals surface area (Å²) in [4.78, 5) is 23.0. The standard InChI is InChI=1S/C18H32O4/c1-5-6-7-8-9-10-11-12-13-21-17(19)14-16(4)18(20)22-15(2)3/h15H,4-14H2,1-3H3. The molecule has 0 aliphatic heterocycles. The van der Waals surface area contributed by atoms with Gasteiger partial charge in [0, 0.05) is 5.57 Å². The zero-order chi connectivity index (χ0) is 16.8. The highest BCUT2D eigenvalue weighted by atomic mass is 16.5. The number of carbonyl (C=O) groups excluding carboxylic acids is 2. The van der Waals surface area contributed by atoms with E-state index in [1.54, 1.807) is 13.8 Å². The van der Waals surface area contributed by atoms with Crippen LogP contribution in [0.15, 0.2) is 12.2 Å². The Morgan fingerprint density at radius 1 is 0.955 bits per heavy atom. The van der Waals surface area contributed by atoms with E-state index in [1.807, 2.05) is 0 Å². The van der Waals surface area contributed by atoms with Crippen LogP contribution >= 0.6 is 0 Å². The average molecular weight is 312 g/mol. The Morgan fingerprint density at radius 3 is 2.05 bits per heavy atom. The van der Waals surface area contributed by atoms with Crippen molar-refractivity contribution in [2.24, 2.45) is 0 Å². The van der Waals surface area contributed by atoms with Gasteiger partial charge in [0.05, 0.1) is 19.1 Å². The number of hydrogen-bond acceptors (Lipinski definition) is 4. The summed E-state index contributed by atoms with van der Waals surface area (Å²) in [7, 11) is 0. The Kier molecular flexibility index (Phi) is 12.5. The molecule has 0 atom stereocenters. The fraction of sp³-hybridized carbons (Fsp3) is 0.778.